The average Bonchev–Trinajstić information content (AvgIpc) is 2.93. The van der Waals surface area contributed by atoms with E-state index >= 15 is 0 Å². The molecule has 3 aromatic rings. The van der Waals surface area contributed by atoms with Crippen molar-refractivity contribution < 1.29 is 5.11 Å². The zero-order chi connectivity index (χ0) is 12.4. The highest BCUT2D eigenvalue weighted by molar-refractivity contribution is 5.71. The SMILES string of the molecule is Oc1ccccc1-c1cccc(-n2cccn2)c1. The number of hydrogen-bond acceptors (Lipinski definition) is 2. The topological polar surface area (TPSA) is 38.0 Å². The molecule has 1 aromatic heterocycles. The van der Waals surface area contributed by atoms with Crippen molar-refractivity contribution in [2.24, 2.45) is 0 Å². The summed E-state index contributed by atoms with van der Waals surface area (Å²) in [7, 11) is 0. The van der Waals surface area contributed by atoms with Crippen molar-refractivity contribution in [3.63, 3.8) is 0 Å². The van der Waals surface area contributed by atoms with Gasteiger partial charge >= 0.3 is 0 Å². The Bertz CT molecular complexity index is 660. The van der Waals surface area contributed by atoms with Crippen LogP contribution in [0.4, 0.5) is 0 Å². The predicted molar refractivity (Wildman–Crippen MR) is 70.7 cm³/mol. The Kier molecular flexibility index (Phi) is 2.57. The van der Waals surface area contributed by atoms with E-state index in [0.717, 1.165) is 16.8 Å². The van der Waals surface area contributed by atoms with Crippen LogP contribution >= 0.6 is 0 Å². The fraction of sp³-hybridized carbons (Fsp3) is 0. The minimum atomic E-state index is 0.287. The first-order chi connectivity index (χ1) is 8.84. The van der Waals surface area contributed by atoms with Crippen molar-refractivity contribution in [1.29, 1.82) is 0 Å². The van der Waals surface area contributed by atoms with Gasteiger partial charge < -0.3 is 5.11 Å². The van der Waals surface area contributed by atoms with E-state index in [9.17, 15) is 5.11 Å². The number of phenols is 1. The molecule has 2 aromatic carbocycles. The lowest BCUT2D eigenvalue weighted by atomic mass is 10.0. The lowest BCUT2D eigenvalue weighted by Gasteiger charge is -2.07. The van der Waals surface area contributed by atoms with Gasteiger partial charge in [-0.3, -0.25) is 0 Å². The van der Waals surface area contributed by atoms with E-state index in [0.29, 0.717) is 0 Å². The van der Waals surface area contributed by atoms with E-state index in [4.69, 9.17) is 0 Å². The highest BCUT2D eigenvalue weighted by Gasteiger charge is 2.04. The molecule has 0 unspecified atom stereocenters. The number of aromatic nitrogens is 2. The number of hydrogen-bond donors (Lipinski definition) is 1. The number of aromatic hydroxyl groups is 1. The summed E-state index contributed by atoms with van der Waals surface area (Å²) < 4.78 is 1.80. The first-order valence-corrected chi connectivity index (χ1v) is 5.73. The highest BCUT2D eigenvalue weighted by Crippen LogP contribution is 2.29. The van der Waals surface area contributed by atoms with Gasteiger partial charge in [0.1, 0.15) is 5.75 Å². The number of para-hydroxylation sites is 1. The zero-order valence-corrected chi connectivity index (χ0v) is 9.69. The van der Waals surface area contributed by atoms with Crippen molar-refractivity contribution in [3.8, 4) is 22.6 Å². The summed E-state index contributed by atoms with van der Waals surface area (Å²) in [4.78, 5) is 0. The minimum Gasteiger partial charge on any atom is -0.507 e. The summed E-state index contributed by atoms with van der Waals surface area (Å²) in [6.45, 7) is 0. The van der Waals surface area contributed by atoms with Crippen LogP contribution in [0.25, 0.3) is 16.8 Å². The molecule has 0 radical (unpaired) electrons. The molecule has 3 heteroatoms. The maximum absolute atomic E-state index is 9.86. The van der Waals surface area contributed by atoms with Gasteiger partial charge in [0, 0.05) is 18.0 Å². The van der Waals surface area contributed by atoms with Crippen LogP contribution in [0.2, 0.25) is 0 Å². The average molecular weight is 236 g/mol. The summed E-state index contributed by atoms with van der Waals surface area (Å²) in [5.41, 5.74) is 2.77. The Labute approximate surface area is 105 Å². The second-order valence-electron chi connectivity index (χ2n) is 4.02. The van der Waals surface area contributed by atoms with E-state index in [-0.39, 0.29) is 5.75 Å². The summed E-state index contributed by atoms with van der Waals surface area (Å²) in [6, 6.07) is 17.1. The van der Waals surface area contributed by atoms with Crippen LogP contribution in [0.3, 0.4) is 0 Å². The van der Waals surface area contributed by atoms with Crippen molar-refractivity contribution in [2.75, 3.05) is 0 Å². The summed E-state index contributed by atoms with van der Waals surface area (Å²) in [5.74, 6) is 0.287. The third-order valence-electron chi connectivity index (χ3n) is 2.83. The van der Waals surface area contributed by atoms with Crippen molar-refractivity contribution >= 4 is 0 Å². The van der Waals surface area contributed by atoms with Crippen LogP contribution in [0.15, 0.2) is 67.0 Å². The van der Waals surface area contributed by atoms with Crippen LogP contribution in [0.1, 0.15) is 0 Å². The smallest absolute Gasteiger partial charge is 0.123 e. The molecule has 1 heterocycles. The number of rotatable bonds is 2. The molecule has 0 spiro atoms. The second kappa shape index (κ2) is 4.37. The van der Waals surface area contributed by atoms with Crippen molar-refractivity contribution in [1.82, 2.24) is 9.78 Å². The first-order valence-electron chi connectivity index (χ1n) is 5.73. The molecule has 0 aliphatic carbocycles. The van der Waals surface area contributed by atoms with Crippen molar-refractivity contribution in [3.05, 3.63) is 67.0 Å². The van der Waals surface area contributed by atoms with Gasteiger partial charge in [-0.25, -0.2) is 4.68 Å². The molecule has 0 saturated carbocycles. The third-order valence-corrected chi connectivity index (χ3v) is 2.83. The van der Waals surface area contributed by atoms with Gasteiger partial charge in [0.2, 0.25) is 0 Å². The van der Waals surface area contributed by atoms with Gasteiger partial charge in [-0.2, -0.15) is 5.10 Å². The molecule has 18 heavy (non-hydrogen) atoms. The number of nitrogens with zero attached hydrogens (tertiary/aromatic N) is 2. The number of phenolic OH excluding ortho intramolecular Hbond substituents is 1. The van der Waals surface area contributed by atoms with Gasteiger partial charge in [-0.1, -0.05) is 30.3 Å². The Balaban J connectivity index is 2.10. The first kappa shape index (κ1) is 10.6. The van der Waals surface area contributed by atoms with E-state index in [1.165, 1.54) is 0 Å². The summed E-state index contributed by atoms with van der Waals surface area (Å²) in [5, 5.41) is 14.1. The molecule has 3 nitrogen and oxygen atoms in total. The standard InChI is InChI=1S/C15H12N2O/c18-15-8-2-1-7-14(15)12-5-3-6-13(11-12)17-10-4-9-16-17/h1-11,18H. The van der Waals surface area contributed by atoms with Crippen LogP contribution in [0, 0.1) is 0 Å². The Morgan fingerprint density at radius 2 is 1.83 bits per heavy atom. The van der Waals surface area contributed by atoms with E-state index in [1.807, 2.05) is 54.7 Å². The fourth-order valence-electron chi connectivity index (χ4n) is 1.96. The van der Waals surface area contributed by atoms with Gasteiger partial charge in [0.25, 0.3) is 0 Å². The molecule has 0 saturated heterocycles. The molecule has 3 rings (SSSR count). The summed E-state index contributed by atoms with van der Waals surface area (Å²) in [6.07, 6.45) is 3.64. The van der Waals surface area contributed by atoms with Crippen molar-refractivity contribution in [2.45, 2.75) is 0 Å². The van der Waals surface area contributed by atoms with Gasteiger partial charge in [0.15, 0.2) is 0 Å². The van der Waals surface area contributed by atoms with Crippen LogP contribution in [-0.4, -0.2) is 14.9 Å². The molecule has 0 bridgehead atoms. The monoisotopic (exact) mass is 236 g/mol. The lowest BCUT2D eigenvalue weighted by Crippen LogP contribution is -1.94. The minimum absolute atomic E-state index is 0.287. The molecule has 0 atom stereocenters. The van der Waals surface area contributed by atoms with Crippen LogP contribution < -0.4 is 0 Å². The van der Waals surface area contributed by atoms with E-state index in [1.54, 1.807) is 16.9 Å². The molecule has 0 amide bonds. The largest absolute Gasteiger partial charge is 0.507 e. The maximum Gasteiger partial charge on any atom is 0.123 e. The molecule has 1 N–H and O–H groups in total. The molecule has 0 fully saturated rings. The van der Waals surface area contributed by atoms with Crippen LogP contribution in [-0.2, 0) is 0 Å². The molecule has 88 valence electrons. The summed E-state index contributed by atoms with van der Waals surface area (Å²) >= 11 is 0. The fourth-order valence-corrected chi connectivity index (χ4v) is 1.96. The quantitative estimate of drug-likeness (QED) is 0.741. The Morgan fingerprint density at radius 1 is 0.944 bits per heavy atom. The molecule has 0 aliphatic heterocycles. The lowest BCUT2D eigenvalue weighted by molar-refractivity contribution is 0.477. The van der Waals surface area contributed by atoms with E-state index in [2.05, 4.69) is 5.10 Å². The molecular weight excluding hydrogens is 224 g/mol. The Morgan fingerprint density at radius 3 is 2.61 bits per heavy atom. The molecule has 0 aliphatic rings. The van der Waals surface area contributed by atoms with E-state index < -0.39 is 0 Å². The normalized spacial score (nSPS) is 10.4. The third kappa shape index (κ3) is 1.86. The number of benzene rings is 2. The predicted octanol–water partition coefficient (Wildman–Crippen LogP) is 3.24. The van der Waals surface area contributed by atoms with Gasteiger partial charge in [0.05, 0.1) is 5.69 Å². The molecular formula is C15H12N2O. The highest BCUT2D eigenvalue weighted by atomic mass is 16.3. The maximum atomic E-state index is 9.86. The second-order valence-corrected chi connectivity index (χ2v) is 4.02. The van der Waals surface area contributed by atoms with Gasteiger partial charge in [-0.15, -0.1) is 0 Å². The zero-order valence-electron chi connectivity index (χ0n) is 9.69. The van der Waals surface area contributed by atoms with Gasteiger partial charge in [-0.05, 0) is 29.8 Å². The van der Waals surface area contributed by atoms with Crippen LogP contribution in [0.5, 0.6) is 5.75 Å². The Hall–Kier alpha value is -2.55.